The minimum Gasteiger partial charge on any atom is -0.343 e. The first-order valence-corrected chi connectivity index (χ1v) is 7.00. The zero-order valence-electron chi connectivity index (χ0n) is 10.7. The summed E-state index contributed by atoms with van der Waals surface area (Å²) < 4.78 is 1.54. The minimum absolute atomic E-state index is 0.158. The van der Waals surface area contributed by atoms with Crippen LogP contribution < -0.4 is 0 Å². The topological polar surface area (TPSA) is 63.9 Å². The summed E-state index contributed by atoms with van der Waals surface area (Å²) in [6.07, 6.45) is 1.69. The second-order valence-corrected chi connectivity index (χ2v) is 5.53. The molecule has 0 unspecified atom stereocenters. The molecule has 0 N–H and O–H groups in total. The van der Waals surface area contributed by atoms with E-state index in [2.05, 4.69) is 15.1 Å². The fourth-order valence-corrected chi connectivity index (χ4v) is 2.75. The number of hydrogen-bond acceptors (Lipinski definition) is 5. The third-order valence-electron chi connectivity index (χ3n) is 2.71. The van der Waals surface area contributed by atoms with E-state index in [0.717, 1.165) is 10.2 Å². The van der Waals surface area contributed by atoms with Gasteiger partial charge in [-0.1, -0.05) is 0 Å². The van der Waals surface area contributed by atoms with Crippen LogP contribution in [0.25, 0.3) is 16.0 Å². The molecular weight excluding hydrogens is 298 g/mol. The lowest BCUT2D eigenvalue weighted by Crippen LogP contribution is -2.22. The molecule has 102 valence electrons. The average Bonchev–Trinajstić information content (AvgIpc) is 3.05. The van der Waals surface area contributed by atoms with Crippen LogP contribution in [0.2, 0.25) is 5.28 Å². The molecule has 0 atom stereocenters. The van der Waals surface area contributed by atoms with E-state index in [1.165, 1.54) is 16.2 Å². The molecule has 3 heterocycles. The van der Waals surface area contributed by atoms with Gasteiger partial charge in [-0.05, 0) is 29.1 Å². The smallest absolute Gasteiger partial charge is 0.273 e. The van der Waals surface area contributed by atoms with Gasteiger partial charge in [0, 0.05) is 20.3 Å². The second-order valence-electron chi connectivity index (χ2n) is 4.30. The number of amides is 1. The number of nitrogens with zero attached hydrogens (tertiary/aromatic N) is 5. The van der Waals surface area contributed by atoms with Crippen molar-refractivity contribution in [1.29, 1.82) is 0 Å². The van der Waals surface area contributed by atoms with E-state index in [4.69, 9.17) is 11.6 Å². The van der Waals surface area contributed by atoms with Crippen molar-refractivity contribution in [2.24, 2.45) is 0 Å². The van der Waals surface area contributed by atoms with Crippen LogP contribution in [0.3, 0.4) is 0 Å². The zero-order valence-corrected chi connectivity index (χ0v) is 12.3. The summed E-state index contributed by atoms with van der Waals surface area (Å²) in [4.78, 5) is 22.5. The normalized spacial score (nSPS) is 10.9. The number of rotatable bonds is 2. The quantitative estimate of drug-likeness (QED) is 0.681. The Bertz CT molecular complexity index is 794. The van der Waals surface area contributed by atoms with Crippen molar-refractivity contribution in [2.75, 3.05) is 14.1 Å². The molecule has 3 rings (SSSR count). The van der Waals surface area contributed by atoms with Crippen molar-refractivity contribution in [3.63, 3.8) is 0 Å². The van der Waals surface area contributed by atoms with Gasteiger partial charge < -0.3 is 4.90 Å². The van der Waals surface area contributed by atoms with Crippen molar-refractivity contribution in [3.8, 4) is 5.82 Å². The number of carbonyl (C=O) groups excluding carboxylic acids is 1. The minimum atomic E-state index is -0.162. The first-order chi connectivity index (χ1) is 9.56. The van der Waals surface area contributed by atoms with E-state index in [-0.39, 0.29) is 11.2 Å². The predicted molar refractivity (Wildman–Crippen MR) is 77.6 cm³/mol. The molecule has 0 fully saturated rings. The molecule has 0 saturated carbocycles. The standard InChI is InChI=1S/C12H10ClN5OS/c1-17(2)11(19)8-3-5-18(16-8)9-7-4-6-20-10(7)15-12(13)14-9/h3-6H,1-2H3. The maximum atomic E-state index is 11.9. The zero-order chi connectivity index (χ0) is 14.3. The highest BCUT2D eigenvalue weighted by atomic mass is 35.5. The molecule has 0 aliphatic carbocycles. The van der Waals surface area contributed by atoms with E-state index < -0.39 is 0 Å². The molecule has 0 saturated heterocycles. The Morgan fingerprint density at radius 3 is 2.90 bits per heavy atom. The van der Waals surface area contributed by atoms with E-state index in [9.17, 15) is 4.79 Å². The fourth-order valence-electron chi connectivity index (χ4n) is 1.77. The van der Waals surface area contributed by atoms with Crippen LogP contribution in [0.15, 0.2) is 23.7 Å². The van der Waals surface area contributed by atoms with Crippen LogP contribution >= 0.6 is 22.9 Å². The third kappa shape index (κ3) is 2.14. The largest absolute Gasteiger partial charge is 0.343 e. The lowest BCUT2D eigenvalue weighted by molar-refractivity contribution is 0.0821. The van der Waals surface area contributed by atoms with Gasteiger partial charge in [0.1, 0.15) is 4.83 Å². The van der Waals surface area contributed by atoms with Crippen LogP contribution in [-0.4, -0.2) is 44.7 Å². The molecule has 1 amide bonds. The Kier molecular flexibility index (Phi) is 3.15. The van der Waals surface area contributed by atoms with Crippen molar-refractivity contribution >= 4 is 39.1 Å². The third-order valence-corrected chi connectivity index (χ3v) is 3.68. The molecular formula is C12H10ClN5OS. The Balaban J connectivity index is 2.12. The number of carbonyl (C=O) groups is 1. The van der Waals surface area contributed by atoms with Crippen molar-refractivity contribution < 1.29 is 4.79 Å². The van der Waals surface area contributed by atoms with Crippen LogP contribution in [0.5, 0.6) is 0 Å². The lowest BCUT2D eigenvalue weighted by atomic mass is 10.4. The van der Waals surface area contributed by atoms with Gasteiger partial charge in [0.2, 0.25) is 5.28 Å². The monoisotopic (exact) mass is 307 g/mol. The van der Waals surface area contributed by atoms with Gasteiger partial charge in [0.25, 0.3) is 5.91 Å². The van der Waals surface area contributed by atoms with Crippen LogP contribution in [-0.2, 0) is 0 Å². The maximum Gasteiger partial charge on any atom is 0.273 e. The van der Waals surface area contributed by atoms with E-state index >= 15 is 0 Å². The first-order valence-electron chi connectivity index (χ1n) is 5.74. The van der Waals surface area contributed by atoms with E-state index in [0.29, 0.717) is 11.5 Å². The number of aromatic nitrogens is 4. The predicted octanol–water partition coefficient (Wildman–Crippen LogP) is 2.23. The van der Waals surface area contributed by atoms with Gasteiger partial charge in [0.05, 0.1) is 5.39 Å². The van der Waals surface area contributed by atoms with Gasteiger partial charge in [-0.2, -0.15) is 10.1 Å². The molecule has 3 aromatic rings. The van der Waals surface area contributed by atoms with Gasteiger partial charge in [-0.25, -0.2) is 9.67 Å². The molecule has 0 spiro atoms. The molecule has 3 aromatic heterocycles. The molecule has 0 bridgehead atoms. The number of fused-ring (bicyclic) bond motifs is 1. The van der Waals surface area contributed by atoms with Gasteiger partial charge in [-0.3, -0.25) is 4.79 Å². The Morgan fingerprint density at radius 2 is 2.15 bits per heavy atom. The van der Waals surface area contributed by atoms with Crippen LogP contribution in [0, 0.1) is 0 Å². The van der Waals surface area contributed by atoms with Crippen LogP contribution in [0.4, 0.5) is 0 Å². The number of thiophene rings is 1. The van der Waals surface area contributed by atoms with E-state index in [1.54, 1.807) is 31.0 Å². The van der Waals surface area contributed by atoms with Gasteiger partial charge in [0.15, 0.2) is 11.5 Å². The molecule has 0 aliphatic rings. The SMILES string of the molecule is CN(C)C(=O)c1ccn(-c2nc(Cl)nc3sccc23)n1. The van der Waals surface area contributed by atoms with Crippen molar-refractivity contribution in [2.45, 2.75) is 0 Å². The van der Waals surface area contributed by atoms with E-state index in [1.807, 2.05) is 11.4 Å². The summed E-state index contributed by atoms with van der Waals surface area (Å²) in [5.41, 5.74) is 0.355. The summed E-state index contributed by atoms with van der Waals surface area (Å²) in [7, 11) is 3.36. The highest BCUT2D eigenvalue weighted by Gasteiger charge is 2.15. The highest BCUT2D eigenvalue weighted by Crippen LogP contribution is 2.25. The number of hydrogen-bond donors (Lipinski definition) is 0. The average molecular weight is 308 g/mol. The Labute approximate surface area is 123 Å². The molecule has 20 heavy (non-hydrogen) atoms. The fraction of sp³-hybridized carbons (Fsp3) is 0.167. The molecule has 6 nitrogen and oxygen atoms in total. The summed E-state index contributed by atoms with van der Waals surface area (Å²) in [5, 5.41) is 7.18. The Hall–Kier alpha value is -1.99. The highest BCUT2D eigenvalue weighted by molar-refractivity contribution is 7.16. The number of halogens is 1. The van der Waals surface area contributed by atoms with Gasteiger partial charge >= 0.3 is 0 Å². The second kappa shape index (κ2) is 4.84. The van der Waals surface area contributed by atoms with Crippen molar-refractivity contribution in [1.82, 2.24) is 24.6 Å². The van der Waals surface area contributed by atoms with Crippen LogP contribution in [0.1, 0.15) is 10.5 Å². The molecule has 0 aromatic carbocycles. The summed E-state index contributed by atoms with van der Waals surface area (Å²) in [5.74, 6) is 0.407. The molecule has 8 heteroatoms. The maximum absolute atomic E-state index is 11.9. The van der Waals surface area contributed by atoms with Crippen molar-refractivity contribution in [3.05, 3.63) is 34.7 Å². The summed E-state index contributed by atoms with van der Waals surface area (Å²) in [6.45, 7) is 0. The Morgan fingerprint density at radius 1 is 1.35 bits per heavy atom. The first kappa shape index (κ1) is 13.0. The van der Waals surface area contributed by atoms with Gasteiger partial charge in [-0.15, -0.1) is 11.3 Å². The summed E-state index contributed by atoms with van der Waals surface area (Å²) >= 11 is 7.40. The summed E-state index contributed by atoms with van der Waals surface area (Å²) in [6, 6.07) is 3.55. The molecule has 0 aliphatic heterocycles. The molecule has 0 radical (unpaired) electrons. The lowest BCUT2D eigenvalue weighted by Gasteiger charge is -2.07.